The molecular weight excluding hydrogens is 442 g/mol. The molecule has 9 heteroatoms. The van der Waals surface area contributed by atoms with Crippen LogP contribution in [-0.4, -0.2) is 32.8 Å². The number of thiazole rings is 1. The van der Waals surface area contributed by atoms with Gasteiger partial charge in [-0.2, -0.15) is 5.10 Å². The molecule has 0 spiro atoms. The first kappa shape index (κ1) is 21.9. The van der Waals surface area contributed by atoms with E-state index in [9.17, 15) is 4.79 Å². The van der Waals surface area contributed by atoms with Crippen LogP contribution in [0.3, 0.4) is 0 Å². The maximum atomic E-state index is 12.6. The van der Waals surface area contributed by atoms with E-state index < -0.39 is 0 Å². The second-order valence-electron chi connectivity index (χ2n) is 7.32. The van der Waals surface area contributed by atoms with Gasteiger partial charge in [-0.1, -0.05) is 23.8 Å². The van der Waals surface area contributed by atoms with Crippen LogP contribution < -0.4 is 10.1 Å². The van der Waals surface area contributed by atoms with Gasteiger partial charge >= 0.3 is 0 Å². The summed E-state index contributed by atoms with van der Waals surface area (Å²) in [7, 11) is 1.64. The van der Waals surface area contributed by atoms with E-state index in [1.165, 1.54) is 11.3 Å². The molecule has 2 aromatic heterocycles. The number of methoxy groups -OCH3 is 1. The predicted molar refractivity (Wildman–Crippen MR) is 130 cm³/mol. The number of carbonyl (C=O) groups excluding carboxylic acids is 1. The Labute approximate surface area is 195 Å². The maximum Gasteiger partial charge on any atom is 0.227 e. The molecule has 2 N–H and O–H groups in total. The van der Waals surface area contributed by atoms with Crippen molar-refractivity contribution in [3.63, 3.8) is 0 Å². The molecule has 0 radical (unpaired) electrons. The van der Waals surface area contributed by atoms with E-state index in [0.717, 1.165) is 38.8 Å². The molecule has 0 saturated heterocycles. The number of amides is 1. The molecule has 0 saturated carbocycles. The summed E-state index contributed by atoms with van der Waals surface area (Å²) in [4.78, 5) is 18.3. The maximum absolute atomic E-state index is 12.6. The Morgan fingerprint density at radius 3 is 2.69 bits per heavy atom. The Morgan fingerprint density at radius 1 is 1.19 bits per heavy atom. The van der Waals surface area contributed by atoms with Crippen molar-refractivity contribution in [3.8, 4) is 28.4 Å². The highest BCUT2D eigenvalue weighted by Gasteiger charge is 2.14. The summed E-state index contributed by atoms with van der Waals surface area (Å²) < 4.78 is 7.54. The van der Waals surface area contributed by atoms with Gasteiger partial charge in [0.2, 0.25) is 5.91 Å². The van der Waals surface area contributed by atoms with Gasteiger partial charge < -0.3 is 10.1 Å². The number of aromatic amines is 1. The topological polar surface area (TPSA) is 84.8 Å². The van der Waals surface area contributed by atoms with Crippen LogP contribution in [0.4, 0.5) is 5.13 Å². The number of aromatic nitrogens is 4. The van der Waals surface area contributed by atoms with Gasteiger partial charge in [0.05, 0.1) is 12.8 Å². The first-order valence-electron chi connectivity index (χ1n) is 10.1. The highest BCUT2D eigenvalue weighted by atomic mass is 32.1. The van der Waals surface area contributed by atoms with Crippen molar-refractivity contribution < 1.29 is 9.53 Å². The van der Waals surface area contributed by atoms with Gasteiger partial charge in [0.1, 0.15) is 5.75 Å². The minimum atomic E-state index is -0.127. The predicted octanol–water partition coefficient (Wildman–Crippen LogP) is 5.39. The molecule has 2 heterocycles. The molecule has 0 unspecified atom stereocenters. The zero-order valence-electron chi connectivity index (χ0n) is 18.0. The molecule has 4 aromatic rings. The number of nitrogens with one attached hydrogen (secondary N) is 2. The molecule has 0 atom stereocenters. The lowest BCUT2D eigenvalue weighted by atomic mass is 10.1. The van der Waals surface area contributed by atoms with Crippen LogP contribution in [0.15, 0.2) is 48.5 Å². The van der Waals surface area contributed by atoms with E-state index in [2.05, 4.69) is 20.5 Å². The number of aryl methyl sites for hydroxylation is 2. The molecule has 0 bridgehead atoms. The smallest absolute Gasteiger partial charge is 0.227 e. The van der Waals surface area contributed by atoms with Crippen molar-refractivity contribution in [2.75, 3.05) is 12.4 Å². The van der Waals surface area contributed by atoms with Gasteiger partial charge in [-0.15, -0.1) is 11.3 Å². The lowest BCUT2D eigenvalue weighted by Crippen LogP contribution is -2.15. The van der Waals surface area contributed by atoms with Crippen LogP contribution in [0.1, 0.15) is 16.9 Å². The van der Waals surface area contributed by atoms with Crippen LogP contribution in [-0.2, 0) is 11.3 Å². The summed E-state index contributed by atoms with van der Waals surface area (Å²) in [5.74, 6) is 1.38. The molecule has 2 aromatic carbocycles. The molecule has 7 nitrogen and oxygen atoms in total. The van der Waals surface area contributed by atoms with E-state index in [-0.39, 0.29) is 12.3 Å². The molecule has 164 valence electrons. The fraction of sp³-hybridized carbons (Fsp3) is 0.217. The first-order chi connectivity index (χ1) is 15.4. The third-order valence-electron chi connectivity index (χ3n) is 5.00. The number of rotatable bonds is 7. The number of hydrogen-bond acceptors (Lipinski definition) is 6. The Balaban J connectivity index is 1.44. The number of anilines is 1. The third-order valence-corrected chi connectivity index (χ3v) is 6.20. The highest BCUT2D eigenvalue weighted by Crippen LogP contribution is 2.31. The van der Waals surface area contributed by atoms with Crippen LogP contribution in [0.5, 0.6) is 5.75 Å². The Kier molecular flexibility index (Phi) is 6.48. The summed E-state index contributed by atoms with van der Waals surface area (Å²) in [5, 5.41) is 10.7. The molecular formula is C23H23N5O2S2. The van der Waals surface area contributed by atoms with Gasteiger partial charge in [0.15, 0.2) is 15.7 Å². The minimum Gasteiger partial charge on any atom is -0.497 e. The van der Waals surface area contributed by atoms with Crippen molar-refractivity contribution in [2.45, 2.75) is 26.8 Å². The Bertz CT molecular complexity index is 1300. The van der Waals surface area contributed by atoms with Crippen LogP contribution in [0.2, 0.25) is 0 Å². The molecule has 0 aliphatic carbocycles. The average Bonchev–Trinajstić information content (AvgIpc) is 3.34. The van der Waals surface area contributed by atoms with E-state index >= 15 is 0 Å². The quantitative estimate of drug-likeness (QED) is 0.358. The molecule has 4 rings (SSSR count). The zero-order chi connectivity index (χ0) is 22.7. The normalized spacial score (nSPS) is 10.8. The van der Waals surface area contributed by atoms with Crippen molar-refractivity contribution in [1.29, 1.82) is 0 Å². The van der Waals surface area contributed by atoms with Crippen LogP contribution in [0, 0.1) is 18.6 Å². The van der Waals surface area contributed by atoms with Gasteiger partial charge in [-0.05, 0) is 56.4 Å². The monoisotopic (exact) mass is 465 g/mol. The lowest BCUT2D eigenvalue weighted by Gasteiger charge is -2.07. The van der Waals surface area contributed by atoms with E-state index in [0.29, 0.717) is 16.4 Å². The molecule has 0 fully saturated rings. The SMILES string of the molecule is COc1ccc(-c2nc(NC(=O)CCn3c(-c4cccc(C)c4)n[nH]c3=S)sc2C)cc1. The molecule has 0 aliphatic rings. The first-order valence-corrected chi connectivity index (χ1v) is 11.3. The summed E-state index contributed by atoms with van der Waals surface area (Å²) in [6.45, 7) is 4.44. The third kappa shape index (κ3) is 4.79. The second kappa shape index (κ2) is 9.46. The number of benzene rings is 2. The van der Waals surface area contributed by atoms with Gasteiger partial charge in [0.25, 0.3) is 0 Å². The molecule has 1 amide bonds. The largest absolute Gasteiger partial charge is 0.497 e. The second-order valence-corrected chi connectivity index (χ2v) is 8.91. The Hall–Kier alpha value is -3.30. The standard InChI is InChI=1S/C23H23N5O2S2/c1-14-5-4-6-17(13-14)21-26-27-23(31)28(21)12-11-19(29)24-22-25-20(15(2)32-22)16-7-9-18(30-3)10-8-16/h4-10,13H,11-12H2,1-3H3,(H,27,31)(H,24,25,29). The number of ether oxygens (including phenoxy) is 1. The van der Waals surface area contributed by atoms with E-state index in [1.807, 2.05) is 66.9 Å². The van der Waals surface area contributed by atoms with Crippen LogP contribution >= 0.6 is 23.6 Å². The number of hydrogen-bond donors (Lipinski definition) is 2. The van der Waals surface area contributed by atoms with Crippen molar-refractivity contribution in [2.24, 2.45) is 0 Å². The number of nitrogens with zero attached hydrogens (tertiary/aromatic N) is 3. The van der Waals surface area contributed by atoms with Gasteiger partial charge in [0, 0.05) is 29.0 Å². The lowest BCUT2D eigenvalue weighted by molar-refractivity contribution is -0.116. The van der Waals surface area contributed by atoms with Crippen molar-refractivity contribution >= 4 is 34.6 Å². The fourth-order valence-corrected chi connectivity index (χ4v) is 4.47. The van der Waals surface area contributed by atoms with Crippen molar-refractivity contribution in [1.82, 2.24) is 19.7 Å². The van der Waals surface area contributed by atoms with E-state index in [4.69, 9.17) is 17.0 Å². The van der Waals surface area contributed by atoms with E-state index in [1.54, 1.807) is 7.11 Å². The van der Waals surface area contributed by atoms with Crippen molar-refractivity contribution in [3.05, 3.63) is 63.7 Å². The summed E-state index contributed by atoms with van der Waals surface area (Å²) >= 11 is 6.83. The molecule has 32 heavy (non-hydrogen) atoms. The zero-order valence-corrected chi connectivity index (χ0v) is 19.6. The Morgan fingerprint density at radius 2 is 1.97 bits per heavy atom. The van der Waals surface area contributed by atoms with Gasteiger partial charge in [-0.25, -0.2) is 4.98 Å². The van der Waals surface area contributed by atoms with Gasteiger partial charge in [-0.3, -0.25) is 14.5 Å². The average molecular weight is 466 g/mol. The number of carbonyl (C=O) groups is 1. The van der Waals surface area contributed by atoms with Crippen LogP contribution in [0.25, 0.3) is 22.6 Å². The summed E-state index contributed by atoms with van der Waals surface area (Å²) in [6, 6.07) is 15.7. The summed E-state index contributed by atoms with van der Waals surface area (Å²) in [6.07, 6.45) is 0.253. The highest BCUT2D eigenvalue weighted by molar-refractivity contribution is 7.71. The number of H-pyrrole nitrogens is 1. The fourth-order valence-electron chi connectivity index (χ4n) is 3.39. The minimum absolute atomic E-state index is 0.127. The molecule has 0 aliphatic heterocycles. The summed E-state index contributed by atoms with van der Waals surface area (Å²) in [5.41, 5.74) is 3.92.